The van der Waals surface area contributed by atoms with E-state index in [4.69, 9.17) is 10.9 Å². The number of hydrogen-bond donors (Lipinski definition) is 2. The Balaban J connectivity index is 2.05. The monoisotopic (exact) mass is 289 g/mol. The van der Waals surface area contributed by atoms with Crippen LogP contribution in [-0.2, 0) is 0 Å². The predicted molar refractivity (Wildman–Crippen MR) is 87.9 cm³/mol. The van der Waals surface area contributed by atoms with Crippen LogP contribution in [-0.4, -0.2) is 23.6 Å². The van der Waals surface area contributed by atoms with Crippen LogP contribution in [0.25, 0.3) is 0 Å². The van der Waals surface area contributed by atoms with Crippen LogP contribution < -0.4 is 10.6 Å². The minimum Gasteiger partial charge on any atom is -0.409 e. The van der Waals surface area contributed by atoms with Crippen LogP contribution >= 0.6 is 0 Å². The molecule has 1 aliphatic rings. The molecule has 0 bridgehead atoms. The first-order valence-electron chi connectivity index (χ1n) is 8.02. The van der Waals surface area contributed by atoms with Crippen molar-refractivity contribution in [1.82, 2.24) is 0 Å². The average molecular weight is 289 g/mol. The van der Waals surface area contributed by atoms with Crippen molar-refractivity contribution in [3.63, 3.8) is 0 Å². The highest BCUT2D eigenvalue weighted by Crippen LogP contribution is 2.32. The van der Waals surface area contributed by atoms with Gasteiger partial charge in [-0.05, 0) is 43.7 Å². The molecule has 1 fully saturated rings. The Morgan fingerprint density at radius 1 is 1.24 bits per heavy atom. The summed E-state index contributed by atoms with van der Waals surface area (Å²) in [6.07, 6.45) is 7.00. The molecule has 1 aromatic rings. The molecule has 116 valence electrons. The molecule has 0 spiro atoms. The summed E-state index contributed by atoms with van der Waals surface area (Å²) in [7, 11) is 0. The predicted octanol–water partition coefficient (Wildman–Crippen LogP) is 3.60. The average Bonchev–Trinajstić information content (AvgIpc) is 2.56. The summed E-state index contributed by atoms with van der Waals surface area (Å²) in [6.45, 7) is 3.10. The highest BCUT2D eigenvalue weighted by molar-refractivity contribution is 5.80. The van der Waals surface area contributed by atoms with Gasteiger partial charge in [-0.2, -0.15) is 0 Å². The SMILES string of the molecule is CCC1CCC(N(CCC(N)=NO)c2ccccc2)CC1. The molecule has 0 radical (unpaired) electrons. The van der Waals surface area contributed by atoms with Crippen molar-refractivity contribution in [2.45, 2.75) is 51.5 Å². The van der Waals surface area contributed by atoms with E-state index in [0.717, 1.165) is 12.5 Å². The lowest BCUT2D eigenvalue weighted by atomic mass is 9.83. The number of rotatable bonds is 6. The van der Waals surface area contributed by atoms with Gasteiger partial charge in [-0.1, -0.05) is 36.7 Å². The van der Waals surface area contributed by atoms with Gasteiger partial charge in [-0.25, -0.2) is 0 Å². The third-order valence-corrected chi connectivity index (χ3v) is 4.66. The van der Waals surface area contributed by atoms with Gasteiger partial charge < -0.3 is 15.8 Å². The molecule has 1 aliphatic carbocycles. The van der Waals surface area contributed by atoms with Crippen molar-refractivity contribution in [1.29, 1.82) is 0 Å². The van der Waals surface area contributed by atoms with E-state index in [1.165, 1.54) is 37.8 Å². The molecule has 21 heavy (non-hydrogen) atoms. The highest BCUT2D eigenvalue weighted by Gasteiger charge is 2.25. The third kappa shape index (κ3) is 4.38. The maximum Gasteiger partial charge on any atom is 0.140 e. The van der Waals surface area contributed by atoms with Crippen molar-refractivity contribution >= 4 is 11.5 Å². The molecule has 1 aromatic carbocycles. The van der Waals surface area contributed by atoms with Crippen molar-refractivity contribution in [2.75, 3.05) is 11.4 Å². The van der Waals surface area contributed by atoms with Gasteiger partial charge in [0.25, 0.3) is 0 Å². The topological polar surface area (TPSA) is 61.8 Å². The number of oxime groups is 1. The van der Waals surface area contributed by atoms with Gasteiger partial charge in [0.2, 0.25) is 0 Å². The standard InChI is InChI=1S/C17H27N3O/c1-2-14-8-10-16(11-9-14)20(13-12-17(18)19-21)15-6-4-3-5-7-15/h3-7,14,16,21H,2,8-13H2,1H3,(H2,18,19). The van der Waals surface area contributed by atoms with Crippen LogP contribution in [0.3, 0.4) is 0 Å². The molecular formula is C17H27N3O. The Morgan fingerprint density at radius 2 is 1.90 bits per heavy atom. The van der Waals surface area contributed by atoms with Crippen LogP contribution in [0, 0.1) is 5.92 Å². The molecule has 0 atom stereocenters. The van der Waals surface area contributed by atoms with E-state index in [1.807, 2.05) is 6.07 Å². The summed E-state index contributed by atoms with van der Waals surface area (Å²) in [6, 6.07) is 11.1. The molecule has 1 saturated carbocycles. The second-order valence-electron chi connectivity index (χ2n) is 5.95. The number of benzene rings is 1. The maximum absolute atomic E-state index is 8.74. The molecule has 0 heterocycles. The second kappa shape index (κ2) is 7.91. The summed E-state index contributed by atoms with van der Waals surface area (Å²) in [5.41, 5.74) is 6.88. The molecule has 4 nitrogen and oxygen atoms in total. The van der Waals surface area contributed by atoms with Crippen molar-refractivity contribution in [2.24, 2.45) is 16.8 Å². The highest BCUT2D eigenvalue weighted by atomic mass is 16.4. The molecule has 2 rings (SSSR count). The lowest BCUT2D eigenvalue weighted by Crippen LogP contribution is -2.40. The minimum atomic E-state index is 0.304. The molecular weight excluding hydrogens is 262 g/mol. The van der Waals surface area contributed by atoms with Crippen molar-refractivity contribution in [3.05, 3.63) is 30.3 Å². The first kappa shape index (κ1) is 15.7. The van der Waals surface area contributed by atoms with Gasteiger partial charge >= 0.3 is 0 Å². The Labute approximate surface area is 127 Å². The Hall–Kier alpha value is -1.71. The lowest BCUT2D eigenvalue weighted by Gasteiger charge is -2.38. The third-order valence-electron chi connectivity index (χ3n) is 4.66. The number of para-hydroxylation sites is 1. The number of amidine groups is 1. The Morgan fingerprint density at radius 3 is 2.48 bits per heavy atom. The summed E-state index contributed by atoms with van der Waals surface area (Å²) in [5.74, 6) is 1.20. The largest absolute Gasteiger partial charge is 0.409 e. The second-order valence-corrected chi connectivity index (χ2v) is 5.95. The van der Waals surface area contributed by atoms with Gasteiger partial charge in [0, 0.05) is 24.7 Å². The van der Waals surface area contributed by atoms with Crippen LogP contribution in [0.4, 0.5) is 5.69 Å². The zero-order valence-electron chi connectivity index (χ0n) is 12.9. The lowest BCUT2D eigenvalue weighted by molar-refractivity contribution is 0.307. The summed E-state index contributed by atoms with van der Waals surface area (Å²) in [4.78, 5) is 2.43. The van der Waals surface area contributed by atoms with Crippen LogP contribution in [0.1, 0.15) is 45.4 Å². The maximum atomic E-state index is 8.74. The van der Waals surface area contributed by atoms with E-state index in [9.17, 15) is 0 Å². The fourth-order valence-corrected chi connectivity index (χ4v) is 3.29. The molecule has 4 heteroatoms. The Bertz CT molecular complexity index is 439. The summed E-state index contributed by atoms with van der Waals surface area (Å²) >= 11 is 0. The number of nitrogens with zero attached hydrogens (tertiary/aromatic N) is 2. The van der Waals surface area contributed by atoms with E-state index in [0.29, 0.717) is 18.3 Å². The molecule has 3 N–H and O–H groups in total. The zero-order valence-corrected chi connectivity index (χ0v) is 12.9. The smallest absolute Gasteiger partial charge is 0.140 e. The van der Waals surface area contributed by atoms with E-state index in [-0.39, 0.29) is 0 Å². The minimum absolute atomic E-state index is 0.304. The summed E-state index contributed by atoms with van der Waals surface area (Å²) in [5, 5.41) is 11.8. The van der Waals surface area contributed by atoms with Gasteiger partial charge in [-0.15, -0.1) is 0 Å². The van der Waals surface area contributed by atoms with Crippen LogP contribution in [0.2, 0.25) is 0 Å². The van der Waals surface area contributed by atoms with E-state index in [2.05, 4.69) is 41.2 Å². The zero-order chi connectivity index (χ0) is 15.1. The first-order chi connectivity index (χ1) is 10.2. The number of anilines is 1. The fourth-order valence-electron chi connectivity index (χ4n) is 3.29. The van der Waals surface area contributed by atoms with Crippen molar-refractivity contribution in [3.8, 4) is 0 Å². The molecule has 0 amide bonds. The van der Waals surface area contributed by atoms with Gasteiger partial charge in [0.15, 0.2) is 0 Å². The van der Waals surface area contributed by atoms with Crippen LogP contribution in [0.5, 0.6) is 0 Å². The number of hydrogen-bond acceptors (Lipinski definition) is 3. The summed E-state index contributed by atoms with van der Waals surface area (Å²) < 4.78 is 0. The quantitative estimate of drug-likeness (QED) is 0.364. The number of nitrogens with two attached hydrogens (primary N) is 1. The molecule has 0 saturated heterocycles. The van der Waals surface area contributed by atoms with Gasteiger partial charge in [-0.3, -0.25) is 0 Å². The molecule has 0 unspecified atom stereocenters. The normalized spacial score (nSPS) is 23.0. The first-order valence-corrected chi connectivity index (χ1v) is 8.02. The van der Waals surface area contributed by atoms with E-state index >= 15 is 0 Å². The fraction of sp³-hybridized carbons (Fsp3) is 0.588. The molecule has 0 aliphatic heterocycles. The van der Waals surface area contributed by atoms with Crippen LogP contribution in [0.15, 0.2) is 35.5 Å². The van der Waals surface area contributed by atoms with Gasteiger partial charge in [0.1, 0.15) is 5.84 Å². The Kier molecular flexibility index (Phi) is 5.90. The molecule has 0 aromatic heterocycles. The van der Waals surface area contributed by atoms with E-state index < -0.39 is 0 Å². The van der Waals surface area contributed by atoms with Gasteiger partial charge in [0.05, 0.1) is 0 Å². The van der Waals surface area contributed by atoms with E-state index in [1.54, 1.807) is 0 Å². The van der Waals surface area contributed by atoms with Crippen molar-refractivity contribution < 1.29 is 5.21 Å².